The van der Waals surface area contributed by atoms with Crippen LogP contribution in [0.1, 0.15) is 4.88 Å². The number of halogens is 2. The summed E-state index contributed by atoms with van der Waals surface area (Å²) >= 11 is 8.94. The minimum absolute atomic E-state index is 1.16. The van der Waals surface area contributed by atoms with Crippen LogP contribution < -0.4 is 0 Å². The summed E-state index contributed by atoms with van der Waals surface area (Å²) in [5, 5.41) is 1.29. The first-order chi connectivity index (χ1) is 5.70. The third-order valence-electron chi connectivity index (χ3n) is 1.77. The molecule has 3 heteroatoms. The lowest BCUT2D eigenvalue weighted by molar-refractivity contribution is 1.60. The summed E-state index contributed by atoms with van der Waals surface area (Å²) < 4.78 is 3.71. The molecule has 0 bridgehead atoms. The first kappa shape index (κ1) is 8.73. The lowest BCUT2D eigenvalue weighted by atomic mass is 10.2. The molecule has 0 radical (unpaired) electrons. The monoisotopic (exact) mass is 304 g/mol. The van der Waals surface area contributed by atoms with E-state index in [1.165, 1.54) is 19.4 Å². The predicted octanol–water partition coefficient (Wildman–Crippen LogP) is 4.73. The largest absolute Gasteiger partial charge is 0.139 e. The van der Waals surface area contributed by atoms with Crippen LogP contribution in [0.4, 0.5) is 0 Å². The highest BCUT2D eigenvalue weighted by atomic mass is 79.9. The van der Waals surface area contributed by atoms with E-state index in [4.69, 9.17) is 0 Å². The Hall–Kier alpha value is 0.140. The average Bonchev–Trinajstić information content (AvgIpc) is 2.29. The van der Waals surface area contributed by atoms with Crippen molar-refractivity contribution < 1.29 is 0 Å². The minimum Gasteiger partial charge on any atom is -0.139 e. The smallest absolute Gasteiger partial charge is 0.0401 e. The lowest BCUT2D eigenvalue weighted by Gasteiger charge is -1.93. The topological polar surface area (TPSA) is 0 Å². The van der Waals surface area contributed by atoms with E-state index in [0.717, 1.165) is 4.47 Å². The van der Waals surface area contributed by atoms with Crippen LogP contribution in [-0.2, 0) is 0 Å². The normalized spacial score (nSPS) is 10.9. The number of thiophene rings is 1. The molecular weight excluding hydrogens is 300 g/mol. The van der Waals surface area contributed by atoms with Crippen molar-refractivity contribution in [3.63, 3.8) is 0 Å². The van der Waals surface area contributed by atoms with E-state index in [2.05, 4.69) is 57.0 Å². The molecule has 0 nitrogen and oxygen atoms in total. The molecule has 0 aliphatic heterocycles. The van der Waals surface area contributed by atoms with Crippen molar-refractivity contribution in [1.29, 1.82) is 0 Å². The molecule has 1 aromatic carbocycles. The number of benzene rings is 1. The molecular formula is C9H6Br2S. The Morgan fingerprint density at radius 2 is 2.00 bits per heavy atom. The molecule has 1 heterocycles. The summed E-state index contributed by atoms with van der Waals surface area (Å²) in [5.41, 5.74) is 0. The second-order valence-electron chi connectivity index (χ2n) is 2.59. The molecule has 0 atom stereocenters. The fraction of sp³-hybridized carbons (Fsp3) is 0.111. The molecule has 1 aromatic heterocycles. The molecule has 12 heavy (non-hydrogen) atoms. The van der Waals surface area contributed by atoms with E-state index in [0.29, 0.717) is 0 Å². The standard InChI is InChI=1S/C9H6Br2S/c1-5-9(11)8-6(10)3-2-4-7(8)12-5/h2-4H,1H3. The van der Waals surface area contributed by atoms with E-state index in [-0.39, 0.29) is 0 Å². The quantitative estimate of drug-likeness (QED) is 0.660. The summed E-state index contributed by atoms with van der Waals surface area (Å²) in [6.45, 7) is 2.13. The van der Waals surface area contributed by atoms with Crippen LogP contribution in [0.5, 0.6) is 0 Å². The fourth-order valence-electron chi connectivity index (χ4n) is 1.19. The average molecular weight is 306 g/mol. The van der Waals surface area contributed by atoms with Gasteiger partial charge in [0.05, 0.1) is 0 Å². The summed E-state index contributed by atoms with van der Waals surface area (Å²) in [7, 11) is 0. The van der Waals surface area contributed by atoms with E-state index in [9.17, 15) is 0 Å². The highest BCUT2D eigenvalue weighted by Gasteiger charge is 2.07. The van der Waals surface area contributed by atoms with Crippen molar-refractivity contribution in [2.75, 3.05) is 0 Å². The molecule has 2 rings (SSSR count). The van der Waals surface area contributed by atoms with E-state index < -0.39 is 0 Å². The highest BCUT2D eigenvalue weighted by molar-refractivity contribution is 9.11. The molecule has 62 valence electrons. The summed E-state index contributed by atoms with van der Waals surface area (Å²) in [6.07, 6.45) is 0. The number of rotatable bonds is 0. The van der Waals surface area contributed by atoms with Crippen LogP contribution in [0.25, 0.3) is 10.1 Å². The second kappa shape index (κ2) is 3.13. The second-order valence-corrected chi connectivity index (χ2v) is 5.49. The van der Waals surface area contributed by atoms with Crippen LogP contribution in [0.2, 0.25) is 0 Å². The third-order valence-corrected chi connectivity index (χ3v) is 4.75. The van der Waals surface area contributed by atoms with E-state index in [1.54, 1.807) is 0 Å². The van der Waals surface area contributed by atoms with Crippen molar-refractivity contribution in [3.05, 3.63) is 32.0 Å². The maximum Gasteiger partial charge on any atom is 0.0401 e. The Kier molecular flexibility index (Phi) is 2.27. The van der Waals surface area contributed by atoms with Gasteiger partial charge >= 0.3 is 0 Å². The van der Waals surface area contributed by atoms with Gasteiger partial charge in [0.25, 0.3) is 0 Å². The summed E-state index contributed by atoms with van der Waals surface area (Å²) in [4.78, 5) is 1.33. The van der Waals surface area contributed by atoms with Crippen molar-refractivity contribution in [1.82, 2.24) is 0 Å². The molecule has 0 spiro atoms. The minimum atomic E-state index is 1.16. The van der Waals surface area contributed by atoms with Gasteiger partial charge in [-0.05, 0) is 35.0 Å². The summed E-state index contributed by atoms with van der Waals surface area (Å²) in [6, 6.07) is 6.27. The van der Waals surface area contributed by atoms with Crippen LogP contribution in [0.3, 0.4) is 0 Å². The lowest BCUT2D eigenvalue weighted by Crippen LogP contribution is -1.67. The highest BCUT2D eigenvalue weighted by Crippen LogP contribution is 2.38. The first-order valence-corrected chi connectivity index (χ1v) is 5.93. The molecule has 0 N–H and O–H groups in total. The van der Waals surface area contributed by atoms with Crippen molar-refractivity contribution in [2.45, 2.75) is 6.92 Å². The van der Waals surface area contributed by atoms with Gasteiger partial charge in [0.15, 0.2) is 0 Å². The van der Waals surface area contributed by atoms with Crippen LogP contribution in [-0.4, -0.2) is 0 Å². The van der Waals surface area contributed by atoms with Gasteiger partial charge in [-0.25, -0.2) is 0 Å². The van der Waals surface area contributed by atoms with Gasteiger partial charge in [-0.1, -0.05) is 22.0 Å². The molecule has 0 unspecified atom stereocenters. The predicted molar refractivity (Wildman–Crippen MR) is 62.0 cm³/mol. The zero-order chi connectivity index (χ0) is 8.72. The maximum absolute atomic E-state index is 3.58. The van der Waals surface area contributed by atoms with Gasteiger partial charge in [0, 0.05) is 23.9 Å². The molecule has 0 amide bonds. The molecule has 0 saturated heterocycles. The van der Waals surface area contributed by atoms with Crippen molar-refractivity contribution >= 4 is 53.3 Å². The Labute approximate surface area is 91.9 Å². The summed E-state index contributed by atoms with van der Waals surface area (Å²) in [5.74, 6) is 0. The van der Waals surface area contributed by atoms with Gasteiger partial charge in [-0.3, -0.25) is 0 Å². The zero-order valence-corrected chi connectivity index (χ0v) is 10.4. The van der Waals surface area contributed by atoms with E-state index in [1.807, 2.05) is 11.3 Å². The van der Waals surface area contributed by atoms with Gasteiger partial charge in [0.2, 0.25) is 0 Å². The van der Waals surface area contributed by atoms with E-state index >= 15 is 0 Å². The van der Waals surface area contributed by atoms with Crippen LogP contribution in [0, 0.1) is 6.92 Å². The molecule has 0 aliphatic carbocycles. The number of fused-ring (bicyclic) bond motifs is 1. The van der Waals surface area contributed by atoms with Crippen LogP contribution in [0.15, 0.2) is 27.1 Å². The Morgan fingerprint density at radius 1 is 1.25 bits per heavy atom. The Morgan fingerprint density at radius 3 is 2.67 bits per heavy atom. The number of hydrogen-bond acceptors (Lipinski definition) is 1. The first-order valence-electron chi connectivity index (χ1n) is 3.53. The zero-order valence-electron chi connectivity index (χ0n) is 6.40. The van der Waals surface area contributed by atoms with Crippen molar-refractivity contribution in [3.8, 4) is 0 Å². The number of aryl methyl sites for hydroxylation is 1. The molecule has 0 fully saturated rings. The van der Waals surface area contributed by atoms with Gasteiger partial charge in [0.1, 0.15) is 0 Å². The van der Waals surface area contributed by atoms with Crippen molar-refractivity contribution in [2.24, 2.45) is 0 Å². The number of hydrogen-bond donors (Lipinski definition) is 0. The van der Waals surface area contributed by atoms with Gasteiger partial charge in [-0.15, -0.1) is 11.3 Å². The maximum atomic E-state index is 3.58. The molecule has 2 aromatic rings. The molecule has 0 saturated carbocycles. The van der Waals surface area contributed by atoms with Gasteiger partial charge < -0.3 is 0 Å². The molecule has 0 aliphatic rings. The van der Waals surface area contributed by atoms with Gasteiger partial charge in [-0.2, -0.15) is 0 Å². The Bertz CT molecular complexity index is 431. The third kappa shape index (κ3) is 1.24. The van der Waals surface area contributed by atoms with Crippen LogP contribution >= 0.6 is 43.2 Å². The Balaban J connectivity index is 2.97. The fourth-order valence-corrected chi connectivity index (χ4v) is 3.93. The SMILES string of the molecule is Cc1sc2cccc(Br)c2c1Br.